The molecule has 128 valence electrons. The zero-order valence-corrected chi connectivity index (χ0v) is 14.2. The second-order valence-electron chi connectivity index (χ2n) is 6.04. The van der Waals surface area contributed by atoms with Crippen molar-refractivity contribution in [3.8, 4) is 11.1 Å². The van der Waals surface area contributed by atoms with Crippen molar-refractivity contribution in [2.75, 3.05) is 6.61 Å². The van der Waals surface area contributed by atoms with Crippen LogP contribution in [-0.2, 0) is 10.7 Å². The number of carbonyl (C=O) groups excluding carboxylic acids is 1. The van der Waals surface area contributed by atoms with Crippen molar-refractivity contribution < 1.29 is 18.3 Å². The summed E-state index contributed by atoms with van der Waals surface area (Å²) in [5.74, 6) is -3.60. The number of unbranched alkanes of at least 4 members (excludes halogenated alkanes) is 1. The Balaban J connectivity index is 2.42. The Hall–Kier alpha value is -2.23. The van der Waals surface area contributed by atoms with E-state index < -0.39 is 11.9 Å². The fourth-order valence-electron chi connectivity index (χ4n) is 2.30. The summed E-state index contributed by atoms with van der Waals surface area (Å²) in [6.45, 7) is 5.06. The minimum atomic E-state index is -3.03. The van der Waals surface area contributed by atoms with Gasteiger partial charge < -0.3 is 4.74 Å². The topological polar surface area (TPSA) is 26.3 Å². The van der Waals surface area contributed by atoms with E-state index >= 15 is 0 Å². The number of benzene rings is 2. The van der Waals surface area contributed by atoms with Crippen LogP contribution in [0.3, 0.4) is 0 Å². The van der Waals surface area contributed by atoms with E-state index in [0.717, 1.165) is 30.9 Å². The molecule has 0 atom stereocenters. The van der Waals surface area contributed by atoms with E-state index in [9.17, 15) is 13.6 Å². The monoisotopic (exact) mass is 332 g/mol. The minimum Gasteiger partial charge on any atom is -0.462 e. The molecule has 2 aromatic rings. The van der Waals surface area contributed by atoms with Gasteiger partial charge in [0.05, 0.1) is 12.2 Å². The average Bonchev–Trinajstić information content (AvgIpc) is 2.54. The molecule has 0 saturated heterocycles. The summed E-state index contributed by atoms with van der Waals surface area (Å²) >= 11 is 0. The number of ether oxygens (including phenoxy) is 1. The quantitative estimate of drug-likeness (QED) is 0.499. The van der Waals surface area contributed by atoms with Gasteiger partial charge in [-0.2, -0.15) is 0 Å². The van der Waals surface area contributed by atoms with E-state index in [2.05, 4.69) is 0 Å². The van der Waals surface area contributed by atoms with E-state index in [0.29, 0.717) is 12.2 Å². The zero-order valence-electron chi connectivity index (χ0n) is 14.2. The van der Waals surface area contributed by atoms with Crippen LogP contribution in [0.25, 0.3) is 11.1 Å². The lowest BCUT2D eigenvalue weighted by atomic mass is 9.97. The van der Waals surface area contributed by atoms with Crippen molar-refractivity contribution in [1.82, 2.24) is 0 Å². The Bertz CT molecular complexity index is 701. The van der Waals surface area contributed by atoms with Gasteiger partial charge in [-0.25, -0.2) is 13.6 Å². The van der Waals surface area contributed by atoms with Gasteiger partial charge >= 0.3 is 5.97 Å². The molecule has 0 aliphatic heterocycles. The Kier molecular flexibility index (Phi) is 5.71. The van der Waals surface area contributed by atoms with Gasteiger partial charge in [0.25, 0.3) is 5.92 Å². The Morgan fingerprint density at radius 3 is 2.33 bits per heavy atom. The Labute approximate surface area is 141 Å². The number of hydrogen-bond donors (Lipinski definition) is 0. The lowest BCUT2D eigenvalue weighted by molar-refractivity contribution is 0.0174. The molecule has 0 fully saturated rings. The molecule has 0 heterocycles. The molecule has 2 rings (SSSR count). The first kappa shape index (κ1) is 18.1. The molecule has 2 aromatic carbocycles. The first-order valence-electron chi connectivity index (χ1n) is 8.09. The van der Waals surface area contributed by atoms with Crippen LogP contribution < -0.4 is 0 Å². The summed E-state index contributed by atoms with van der Waals surface area (Å²) in [5, 5.41) is 0. The van der Waals surface area contributed by atoms with Crippen LogP contribution in [0.1, 0.15) is 48.2 Å². The predicted molar refractivity (Wildman–Crippen MR) is 91.4 cm³/mol. The van der Waals surface area contributed by atoms with Crippen LogP contribution in [0, 0.1) is 6.92 Å². The van der Waals surface area contributed by atoms with Crippen LogP contribution in [-0.4, -0.2) is 12.6 Å². The average molecular weight is 332 g/mol. The second kappa shape index (κ2) is 7.56. The van der Waals surface area contributed by atoms with Crippen LogP contribution in [0.4, 0.5) is 8.78 Å². The predicted octanol–water partition coefficient (Wildman–Crippen LogP) is 5.73. The largest absolute Gasteiger partial charge is 0.462 e. The van der Waals surface area contributed by atoms with Crippen molar-refractivity contribution in [3.05, 3.63) is 59.2 Å². The number of aryl methyl sites for hydroxylation is 1. The van der Waals surface area contributed by atoms with Crippen molar-refractivity contribution in [2.24, 2.45) is 0 Å². The number of rotatable bonds is 6. The molecule has 24 heavy (non-hydrogen) atoms. The van der Waals surface area contributed by atoms with Crippen molar-refractivity contribution in [3.63, 3.8) is 0 Å². The SMILES string of the molecule is CCCCOC(=O)c1cc(-c2ccc(C)cc2)cc(C(C)(F)F)c1. The van der Waals surface area contributed by atoms with E-state index in [4.69, 9.17) is 4.74 Å². The van der Waals surface area contributed by atoms with E-state index in [-0.39, 0.29) is 11.1 Å². The lowest BCUT2D eigenvalue weighted by Gasteiger charge is -2.15. The first-order chi connectivity index (χ1) is 11.3. The Morgan fingerprint density at radius 1 is 1.08 bits per heavy atom. The van der Waals surface area contributed by atoms with Gasteiger partial charge in [0, 0.05) is 12.5 Å². The van der Waals surface area contributed by atoms with Crippen LogP contribution in [0.2, 0.25) is 0 Å². The summed E-state index contributed by atoms with van der Waals surface area (Å²) in [5.41, 5.74) is 2.41. The molecule has 0 unspecified atom stereocenters. The number of alkyl halides is 2. The molecule has 0 radical (unpaired) electrons. The smallest absolute Gasteiger partial charge is 0.338 e. The lowest BCUT2D eigenvalue weighted by Crippen LogP contribution is -2.12. The summed E-state index contributed by atoms with van der Waals surface area (Å²) in [4.78, 5) is 12.2. The van der Waals surface area contributed by atoms with Gasteiger partial charge in [0.2, 0.25) is 0 Å². The van der Waals surface area contributed by atoms with Gasteiger partial charge in [-0.1, -0.05) is 43.2 Å². The fraction of sp³-hybridized carbons (Fsp3) is 0.350. The van der Waals surface area contributed by atoms with Gasteiger partial charge in [-0.05, 0) is 42.7 Å². The van der Waals surface area contributed by atoms with E-state index in [1.807, 2.05) is 38.1 Å². The number of hydrogen-bond acceptors (Lipinski definition) is 2. The summed E-state index contributed by atoms with van der Waals surface area (Å²) in [7, 11) is 0. The zero-order chi connectivity index (χ0) is 17.7. The first-order valence-corrected chi connectivity index (χ1v) is 8.09. The molecule has 0 saturated carbocycles. The van der Waals surface area contributed by atoms with E-state index in [1.165, 1.54) is 12.1 Å². The highest BCUT2D eigenvalue weighted by molar-refractivity contribution is 5.91. The number of carbonyl (C=O) groups is 1. The molecule has 2 nitrogen and oxygen atoms in total. The maximum absolute atomic E-state index is 13.8. The highest BCUT2D eigenvalue weighted by atomic mass is 19.3. The molecule has 0 spiro atoms. The van der Waals surface area contributed by atoms with E-state index in [1.54, 1.807) is 6.07 Å². The molecule has 0 aromatic heterocycles. The van der Waals surface area contributed by atoms with Gasteiger partial charge in [-0.3, -0.25) is 0 Å². The van der Waals surface area contributed by atoms with Crippen LogP contribution in [0.15, 0.2) is 42.5 Å². The van der Waals surface area contributed by atoms with Gasteiger partial charge in [0.15, 0.2) is 0 Å². The minimum absolute atomic E-state index is 0.153. The van der Waals surface area contributed by atoms with Crippen molar-refractivity contribution >= 4 is 5.97 Å². The highest BCUT2D eigenvalue weighted by Gasteiger charge is 2.26. The summed E-state index contributed by atoms with van der Waals surface area (Å²) in [6, 6.07) is 11.8. The summed E-state index contributed by atoms with van der Waals surface area (Å²) in [6.07, 6.45) is 1.65. The third kappa shape index (κ3) is 4.63. The number of halogens is 2. The third-order valence-corrected chi connectivity index (χ3v) is 3.79. The molecule has 4 heteroatoms. The molecule has 0 aliphatic rings. The second-order valence-corrected chi connectivity index (χ2v) is 6.04. The third-order valence-electron chi connectivity index (χ3n) is 3.79. The molecular formula is C20H22F2O2. The van der Waals surface area contributed by atoms with Crippen molar-refractivity contribution in [1.29, 1.82) is 0 Å². The molecule has 0 bridgehead atoms. The van der Waals surface area contributed by atoms with Crippen LogP contribution in [0.5, 0.6) is 0 Å². The fourth-order valence-corrected chi connectivity index (χ4v) is 2.30. The molecule has 0 N–H and O–H groups in total. The Morgan fingerprint density at radius 2 is 1.75 bits per heavy atom. The van der Waals surface area contributed by atoms with Gasteiger partial charge in [0.1, 0.15) is 0 Å². The molecule has 0 amide bonds. The standard InChI is InChI=1S/C20H22F2O2/c1-4-5-10-24-19(23)17-11-16(12-18(13-17)20(3,21)22)15-8-6-14(2)7-9-15/h6-9,11-13H,4-5,10H2,1-3H3. The summed E-state index contributed by atoms with van der Waals surface area (Å²) < 4.78 is 32.8. The highest BCUT2D eigenvalue weighted by Crippen LogP contribution is 2.32. The maximum Gasteiger partial charge on any atom is 0.338 e. The maximum atomic E-state index is 13.8. The normalized spacial score (nSPS) is 11.4. The number of esters is 1. The molecular weight excluding hydrogens is 310 g/mol. The van der Waals surface area contributed by atoms with Crippen molar-refractivity contribution in [2.45, 2.75) is 39.5 Å². The molecule has 0 aliphatic carbocycles. The van der Waals surface area contributed by atoms with Crippen LogP contribution >= 0.6 is 0 Å². The van der Waals surface area contributed by atoms with Gasteiger partial charge in [-0.15, -0.1) is 0 Å².